The summed E-state index contributed by atoms with van der Waals surface area (Å²) >= 11 is 1.41. The zero-order valence-corrected chi connectivity index (χ0v) is 13.6. The zero-order valence-electron chi connectivity index (χ0n) is 12.8. The highest BCUT2D eigenvalue weighted by Crippen LogP contribution is 2.23. The molecule has 23 heavy (non-hydrogen) atoms. The first kappa shape index (κ1) is 15.8. The number of benzene rings is 1. The van der Waals surface area contributed by atoms with Gasteiger partial charge in [-0.25, -0.2) is 4.98 Å². The van der Waals surface area contributed by atoms with Crippen LogP contribution in [0.1, 0.15) is 38.7 Å². The summed E-state index contributed by atoms with van der Waals surface area (Å²) in [7, 11) is 0. The Bertz CT molecular complexity index is 691. The van der Waals surface area contributed by atoms with E-state index in [1.807, 2.05) is 30.3 Å². The van der Waals surface area contributed by atoms with Crippen molar-refractivity contribution in [3.8, 4) is 0 Å². The minimum absolute atomic E-state index is 0.00325. The average Bonchev–Trinajstić information content (AvgIpc) is 3.10. The van der Waals surface area contributed by atoms with Crippen molar-refractivity contribution in [3.63, 3.8) is 0 Å². The third kappa shape index (κ3) is 3.48. The molecule has 0 spiro atoms. The van der Waals surface area contributed by atoms with Crippen LogP contribution in [0.2, 0.25) is 0 Å². The molecule has 0 atom stereocenters. The van der Waals surface area contributed by atoms with E-state index in [0.29, 0.717) is 38.2 Å². The SMILES string of the molecule is NCc1nc(C(=O)N2CCC(C(=O)c3ccccc3)CC2)cs1. The fourth-order valence-electron chi connectivity index (χ4n) is 2.85. The Morgan fingerprint density at radius 2 is 1.91 bits per heavy atom. The lowest BCUT2D eigenvalue weighted by Gasteiger charge is -2.30. The van der Waals surface area contributed by atoms with Crippen LogP contribution in [0.5, 0.6) is 0 Å². The van der Waals surface area contributed by atoms with Crippen molar-refractivity contribution in [1.82, 2.24) is 9.88 Å². The fraction of sp³-hybridized carbons (Fsp3) is 0.353. The predicted octanol–water partition coefficient (Wildman–Crippen LogP) is 2.34. The monoisotopic (exact) mass is 329 g/mol. The minimum Gasteiger partial charge on any atom is -0.337 e. The average molecular weight is 329 g/mol. The Labute approximate surface area is 139 Å². The van der Waals surface area contributed by atoms with E-state index in [1.165, 1.54) is 11.3 Å². The van der Waals surface area contributed by atoms with Gasteiger partial charge in [-0.2, -0.15) is 0 Å². The number of thiazole rings is 1. The largest absolute Gasteiger partial charge is 0.337 e. The van der Waals surface area contributed by atoms with E-state index in [4.69, 9.17) is 5.73 Å². The summed E-state index contributed by atoms with van der Waals surface area (Å²) in [6.45, 7) is 1.54. The van der Waals surface area contributed by atoms with Gasteiger partial charge in [-0.1, -0.05) is 30.3 Å². The van der Waals surface area contributed by atoms with E-state index in [1.54, 1.807) is 10.3 Å². The van der Waals surface area contributed by atoms with Crippen molar-refractivity contribution in [3.05, 3.63) is 52.0 Å². The molecule has 1 saturated heterocycles. The summed E-state index contributed by atoms with van der Waals surface area (Å²) in [5.74, 6) is 0.111. The molecule has 0 saturated carbocycles. The first-order valence-corrected chi connectivity index (χ1v) is 8.60. The van der Waals surface area contributed by atoms with Crippen LogP contribution in [0.15, 0.2) is 35.7 Å². The Kier molecular flexibility index (Phi) is 4.83. The number of piperidine rings is 1. The zero-order chi connectivity index (χ0) is 16.2. The highest BCUT2D eigenvalue weighted by Gasteiger charge is 2.29. The van der Waals surface area contributed by atoms with Gasteiger partial charge in [0.1, 0.15) is 10.7 Å². The second kappa shape index (κ2) is 7.02. The molecule has 1 fully saturated rings. The molecule has 2 heterocycles. The maximum absolute atomic E-state index is 12.5. The highest BCUT2D eigenvalue weighted by molar-refractivity contribution is 7.09. The number of rotatable bonds is 4. The molecule has 1 aromatic heterocycles. The second-order valence-electron chi connectivity index (χ2n) is 5.63. The lowest BCUT2D eigenvalue weighted by atomic mass is 9.89. The third-order valence-corrected chi connectivity index (χ3v) is 5.03. The Hall–Kier alpha value is -2.05. The Balaban J connectivity index is 1.60. The molecule has 3 rings (SSSR count). The Morgan fingerprint density at radius 3 is 2.52 bits per heavy atom. The summed E-state index contributed by atoms with van der Waals surface area (Å²) in [6.07, 6.45) is 1.40. The van der Waals surface area contributed by atoms with Gasteiger partial charge in [0.2, 0.25) is 0 Å². The number of likely N-dealkylation sites (tertiary alicyclic amines) is 1. The first-order chi connectivity index (χ1) is 11.2. The molecule has 6 heteroatoms. The summed E-state index contributed by atoms with van der Waals surface area (Å²) in [4.78, 5) is 30.9. The van der Waals surface area contributed by atoms with E-state index in [0.717, 1.165) is 10.6 Å². The fourth-order valence-corrected chi connectivity index (χ4v) is 3.50. The molecule has 0 unspecified atom stereocenters. The topological polar surface area (TPSA) is 76.3 Å². The van der Waals surface area contributed by atoms with Gasteiger partial charge in [0.25, 0.3) is 5.91 Å². The van der Waals surface area contributed by atoms with Crippen LogP contribution in [0.25, 0.3) is 0 Å². The van der Waals surface area contributed by atoms with Crippen LogP contribution in [0, 0.1) is 5.92 Å². The van der Waals surface area contributed by atoms with E-state index in [-0.39, 0.29) is 17.6 Å². The standard InChI is InChI=1S/C17H19N3O2S/c18-10-15-19-14(11-23-15)17(22)20-8-6-13(7-9-20)16(21)12-4-2-1-3-5-12/h1-5,11,13H,6-10,18H2. The molecule has 2 N–H and O–H groups in total. The number of hydrogen-bond donors (Lipinski definition) is 1. The van der Waals surface area contributed by atoms with Crippen molar-refractivity contribution in [2.24, 2.45) is 11.7 Å². The van der Waals surface area contributed by atoms with E-state index in [2.05, 4.69) is 4.98 Å². The van der Waals surface area contributed by atoms with Crippen LogP contribution in [0.3, 0.4) is 0 Å². The van der Waals surface area contributed by atoms with Gasteiger partial charge in [0.15, 0.2) is 5.78 Å². The maximum atomic E-state index is 12.5. The predicted molar refractivity (Wildman–Crippen MR) is 89.4 cm³/mol. The number of nitrogens with zero attached hydrogens (tertiary/aromatic N) is 2. The maximum Gasteiger partial charge on any atom is 0.273 e. The summed E-state index contributed by atoms with van der Waals surface area (Å²) in [5, 5.41) is 2.52. The summed E-state index contributed by atoms with van der Waals surface area (Å²) < 4.78 is 0. The van der Waals surface area contributed by atoms with E-state index >= 15 is 0 Å². The van der Waals surface area contributed by atoms with Crippen LogP contribution in [-0.2, 0) is 6.54 Å². The number of carbonyl (C=O) groups excluding carboxylic acids is 2. The number of carbonyl (C=O) groups is 2. The molecule has 5 nitrogen and oxygen atoms in total. The van der Waals surface area contributed by atoms with Gasteiger partial charge in [-0.05, 0) is 12.8 Å². The van der Waals surface area contributed by atoms with Crippen molar-refractivity contribution < 1.29 is 9.59 Å². The first-order valence-electron chi connectivity index (χ1n) is 7.72. The number of aromatic nitrogens is 1. The smallest absolute Gasteiger partial charge is 0.273 e. The van der Waals surface area contributed by atoms with Crippen LogP contribution in [0.4, 0.5) is 0 Å². The van der Waals surface area contributed by atoms with Crippen molar-refractivity contribution in [1.29, 1.82) is 0 Å². The van der Waals surface area contributed by atoms with Gasteiger partial charge in [-0.3, -0.25) is 9.59 Å². The van der Waals surface area contributed by atoms with Crippen molar-refractivity contribution in [2.45, 2.75) is 19.4 Å². The molecule has 2 aromatic rings. The number of ketones is 1. The van der Waals surface area contributed by atoms with Crippen LogP contribution < -0.4 is 5.73 Å². The minimum atomic E-state index is -0.0634. The number of Topliss-reactive ketones (excluding diaryl/α,β-unsaturated/α-hetero) is 1. The molecule has 1 amide bonds. The summed E-state index contributed by atoms with van der Waals surface area (Å²) in [6, 6.07) is 9.36. The van der Waals surface area contributed by atoms with Crippen LogP contribution >= 0.6 is 11.3 Å². The molecule has 0 bridgehead atoms. The van der Waals surface area contributed by atoms with E-state index in [9.17, 15) is 9.59 Å². The second-order valence-corrected chi connectivity index (χ2v) is 6.57. The van der Waals surface area contributed by atoms with Gasteiger partial charge in [0.05, 0.1) is 0 Å². The number of nitrogens with two attached hydrogens (primary N) is 1. The molecule has 1 aromatic carbocycles. The molecule has 1 aliphatic heterocycles. The normalized spacial score (nSPS) is 15.6. The quantitative estimate of drug-likeness (QED) is 0.874. The van der Waals surface area contributed by atoms with Crippen molar-refractivity contribution in [2.75, 3.05) is 13.1 Å². The number of amides is 1. The lowest BCUT2D eigenvalue weighted by Crippen LogP contribution is -2.40. The highest BCUT2D eigenvalue weighted by atomic mass is 32.1. The molecule has 1 aliphatic rings. The lowest BCUT2D eigenvalue weighted by molar-refractivity contribution is 0.0646. The van der Waals surface area contributed by atoms with Gasteiger partial charge in [0, 0.05) is 36.5 Å². The molecule has 0 aliphatic carbocycles. The third-order valence-electron chi connectivity index (χ3n) is 4.16. The van der Waals surface area contributed by atoms with Gasteiger partial charge in [-0.15, -0.1) is 11.3 Å². The van der Waals surface area contributed by atoms with E-state index < -0.39 is 0 Å². The molecule has 0 radical (unpaired) electrons. The molecular formula is C17H19N3O2S. The molecular weight excluding hydrogens is 310 g/mol. The Morgan fingerprint density at radius 1 is 1.22 bits per heavy atom. The van der Waals surface area contributed by atoms with Crippen LogP contribution in [-0.4, -0.2) is 34.7 Å². The van der Waals surface area contributed by atoms with Gasteiger partial charge < -0.3 is 10.6 Å². The summed E-state index contributed by atoms with van der Waals surface area (Å²) in [5.41, 5.74) is 6.75. The number of hydrogen-bond acceptors (Lipinski definition) is 5. The van der Waals surface area contributed by atoms with Gasteiger partial charge >= 0.3 is 0 Å². The van der Waals surface area contributed by atoms with Crippen molar-refractivity contribution >= 4 is 23.0 Å². The molecule has 120 valence electrons.